The van der Waals surface area contributed by atoms with Crippen LogP contribution >= 0.6 is 0 Å². The van der Waals surface area contributed by atoms with E-state index in [0.717, 1.165) is 23.8 Å². The zero-order chi connectivity index (χ0) is 10.1. The van der Waals surface area contributed by atoms with Gasteiger partial charge < -0.3 is 4.90 Å². The Morgan fingerprint density at radius 3 is 2.57 bits per heavy atom. The summed E-state index contributed by atoms with van der Waals surface area (Å²) in [4.78, 5) is 2.61. The highest BCUT2D eigenvalue weighted by Crippen LogP contribution is 2.40. The molecule has 1 saturated carbocycles. The minimum Gasteiger partial charge on any atom is -0.303 e. The summed E-state index contributed by atoms with van der Waals surface area (Å²) >= 11 is 0. The van der Waals surface area contributed by atoms with E-state index in [1.807, 2.05) is 0 Å². The first-order chi connectivity index (χ1) is 6.70. The van der Waals surface area contributed by atoms with Gasteiger partial charge in [0, 0.05) is 12.6 Å². The molecule has 14 heavy (non-hydrogen) atoms. The van der Waals surface area contributed by atoms with Crippen LogP contribution in [-0.2, 0) is 0 Å². The molecule has 3 unspecified atom stereocenters. The van der Waals surface area contributed by atoms with E-state index in [9.17, 15) is 0 Å². The number of nitrogens with zero attached hydrogens (tertiary/aromatic N) is 1. The normalized spacial score (nSPS) is 36.2. The van der Waals surface area contributed by atoms with Crippen LogP contribution in [0.2, 0.25) is 0 Å². The van der Waals surface area contributed by atoms with E-state index in [-0.39, 0.29) is 0 Å². The molecule has 1 heteroatoms. The van der Waals surface area contributed by atoms with Crippen molar-refractivity contribution in [1.82, 2.24) is 4.90 Å². The van der Waals surface area contributed by atoms with Crippen LogP contribution < -0.4 is 0 Å². The van der Waals surface area contributed by atoms with Gasteiger partial charge in [-0.1, -0.05) is 33.1 Å². The molecule has 0 aromatic heterocycles. The molecule has 2 aliphatic rings. The van der Waals surface area contributed by atoms with Crippen molar-refractivity contribution in [1.29, 1.82) is 0 Å². The van der Waals surface area contributed by atoms with Gasteiger partial charge >= 0.3 is 0 Å². The van der Waals surface area contributed by atoms with Crippen molar-refractivity contribution >= 4 is 0 Å². The summed E-state index contributed by atoms with van der Waals surface area (Å²) in [5, 5.41) is 0. The molecule has 2 fully saturated rings. The van der Waals surface area contributed by atoms with Gasteiger partial charge in [-0.2, -0.15) is 0 Å². The molecule has 2 rings (SSSR count). The van der Waals surface area contributed by atoms with Crippen molar-refractivity contribution in [3.05, 3.63) is 0 Å². The minimum absolute atomic E-state index is 0.878. The molecule has 0 bridgehead atoms. The molecule has 0 aromatic carbocycles. The number of hydrogen-bond acceptors (Lipinski definition) is 1. The van der Waals surface area contributed by atoms with Crippen LogP contribution in [0.5, 0.6) is 0 Å². The Labute approximate surface area is 88.9 Å². The average Bonchev–Trinajstić information content (AvgIpc) is 2.89. The third-order valence-electron chi connectivity index (χ3n) is 4.35. The van der Waals surface area contributed by atoms with Crippen molar-refractivity contribution in [3.8, 4) is 0 Å². The second-order valence-corrected chi connectivity index (χ2v) is 5.67. The van der Waals surface area contributed by atoms with Crippen molar-refractivity contribution in [2.75, 3.05) is 13.6 Å². The van der Waals surface area contributed by atoms with Crippen LogP contribution in [0.15, 0.2) is 0 Å². The van der Waals surface area contributed by atoms with E-state index < -0.39 is 0 Å². The molecular formula is C13H25N. The molecule has 1 saturated heterocycles. The molecule has 0 spiro atoms. The highest BCUT2D eigenvalue weighted by atomic mass is 15.2. The smallest absolute Gasteiger partial charge is 0.0121 e. The van der Waals surface area contributed by atoms with Crippen LogP contribution in [0.25, 0.3) is 0 Å². The fraction of sp³-hybridized carbons (Fsp3) is 1.00. The van der Waals surface area contributed by atoms with E-state index in [1.165, 1.54) is 38.6 Å². The Kier molecular flexibility index (Phi) is 3.16. The summed E-state index contributed by atoms with van der Waals surface area (Å²) in [6.45, 7) is 6.11. The summed E-state index contributed by atoms with van der Waals surface area (Å²) < 4.78 is 0. The van der Waals surface area contributed by atoms with E-state index >= 15 is 0 Å². The maximum absolute atomic E-state index is 2.61. The average molecular weight is 195 g/mol. The van der Waals surface area contributed by atoms with Crippen molar-refractivity contribution < 1.29 is 0 Å². The minimum atomic E-state index is 0.878. The van der Waals surface area contributed by atoms with Crippen LogP contribution in [-0.4, -0.2) is 24.5 Å². The predicted octanol–water partition coefficient (Wildman–Crippen LogP) is 3.15. The SMILES string of the molecule is CCC(C)C1CC(CC2CC2)CN1C. The van der Waals surface area contributed by atoms with Crippen LogP contribution in [0, 0.1) is 17.8 Å². The van der Waals surface area contributed by atoms with Gasteiger partial charge in [-0.05, 0) is 37.6 Å². The lowest BCUT2D eigenvalue weighted by molar-refractivity contribution is 0.234. The molecule has 0 radical (unpaired) electrons. The topological polar surface area (TPSA) is 3.24 Å². The maximum atomic E-state index is 2.61. The third-order valence-corrected chi connectivity index (χ3v) is 4.35. The summed E-state index contributed by atoms with van der Waals surface area (Å²) in [5.41, 5.74) is 0. The van der Waals surface area contributed by atoms with Crippen molar-refractivity contribution in [2.45, 2.75) is 52.0 Å². The molecular weight excluding hydrogens is 170 g/mol. The Balaban J connectivity index is 1.82. The summed E-state index contributed by atoms with van der Waals surface area (Å²) in [5.74, 6) is 3.03. The highest BCUT2D eigenvalue weighted by Gasteiger charge is 2.35. The maximum Gasteiger partial charge on any atom is 0.0121 e. The highest BCUT2D eigenvalue weighted by molar-refractivity contribution is 4.89. The van der Waals surface area contributed by atoms with Crippen molar-refractivity contribution in [3.63, 3.8) is 0 Å². The molecule has 1 aliphatic heterocycles. The molecule has 82 valence electrons. The second-order valence-electron chi connectivity index (χ2n) is 5.67. The zero-order valence-corrected chi connectivity index (χ0v) is 10.00. The Bertz CT molecular complexity index is 186. The number of likely N-dealkylation sites (tertiary alicyclic amines) is 1. The second kappa shape index (κ2) is 4.22. The first-order valence-corrected chi connectivity index (χ1v) is 6.41. The van der Waals surface area contributed by atoms with Gasteiger partial charge in [-0.3, -0.25) is 0 Å². The first-order valence-electron chi connectivity index (χ1n) is 6.41. The van der Waals surface area contributed by atoms with E-state index in [4.69, 9.17) is 0 Å². The largest absolute Gasteiger partial charge is 0.303 e. The predicted molar refractivity (Wildman–Crippen MR) is 61.3 cm³/mol. The van der Waals surface area contributed by atoms with Gasteiger partial charge in [0.2, 0.25) is 0 Å². The van der Waals surface area contributed by atoms with E-state index in [2.05, 4.69) is 25.8 Å². The summed E-state index contributed by atoms with van der Waals surface area (Å²) in [7, 11) is 2.32. The summed E-state index contributed by atoms with van der Waals surface area (Å²) in [6, 6.07) is 0.878. The fourth-order valence-corrected chi connectivity index (χ4v) is 3.07. The number of rotatable bonds is 4. The molecule has 1 nitrogen and oxygen atoms in total. The first kappa shape index (κ1) is 10.5. The quantitative estimate of drug-likeness (QED) is 0.666. The van der Waals surface area contributed by atoms with Crippen LogP contribution in [0.1, 0.15) is 46.0 Å². The van der Waals surface area contributed by atoms with Gasteiger partial charge in [0.25, 0.3) is 0 Å². The lowest BCUT2D eigenvalue weighted by atomic mass is 9.92. The fourth-order valence-electron chi connectivity index (χ4n) is 3.07. The van der Waals surface area contributed by atoms with Gasteiger partial charge in [-0.25, -0.2) is 0 Å². The summed E-state index contributed by atoms with van der Waals surface area (Å²) in [6.07, 6.45) is 7.38. The van der Waals surface area contributed by atoms with Crippen molar-refractivity contribution in [2.24, 2.45) is 17.8 Å². The Hall–Kier alpha value is -0.0400. The van der Waals surface area contributed by atoms with Gasteiger partial charge in [0.15, 0.2) is 0 Å². The lowest BCUT2D eigenvalue weighted by Gasteiger charge is -2.24. The molecule has 3 atom stereocenters. The molecule has 0 aromatic rings. The Morgan fingerprint density at radius 1 is 1.29 bits per heavy atom. The Morgan fingerprint density at radius 2 is 2.00 bits per heavy atom. The molecule has 0 amide bonds. The van der Waals surface area contributed by atoms with Gasteiger partial charge in [0.1, 0.15) is 0 Å². The van der Waals surface area contributed by atoms with Gasteiger partial charge in [0.05, 0.1) is 0 Å². The molecule has 1 heterocycles. The third kappa shape index (κ3) is 2.31. The number of hydrogen-bond donors (Lipinski definition) is 0. The van der Waals surface area contributed by atoms with E-state index in [1.54, 1.807) is 0 Å². The lowest BCUT2D eigenvalue weighted by Crippen LogP contribution is -2.30. The monoisotopic (exact) mass is 195 g/mol. The van der Waals surface area contributed by atoms with E-state index in [0.29, 0.717) is 0 Å². The van der Waals surface area contributed by atoms with Crippen LogP contribution in [0.3, 0.4) is 0 Å². The van der Waals surface area contributed by atoms with Gasteiger partial charge in [-0.15, -0.1) is 0 Å². The molecule has 1 aliphatic carbocycles. The van der Waals surface area contributed by atoms with Crippen LogP contribution in [0.4, 0.5) is 0 Å². The standard InChI is InChI=1S/C13H25N/c1-4-10(2)13-8-12(9-14(13)3)7-11-5-6-11/h10-13H,4-9H2,1-3H3. The molecule has 0 N–H and O–H groups in total. The zero-order valence-electron chi connectivity index (χ0n) is 10.00.